The van der Waals surface area contributed by atoms with E-state index in [0.29, 0.717) is 11.3 Å². The highest BCUT2D eigenvalue weighted by Gasteiger charge is 2.59. The van der Waals surface area contributed by atoms with E-state index in [1.165, 1.54) is 6.92 Å². The molecule has 0 amide bonds. The van der Waals surface area contributed by atoms with Gasteiger partial charge in [0.25, 0.3) is 0 Å². The van der Waals surface area contributed by atoms with Crippen molar-refractivity contribution in [2.75, 3.05) is 6.54 Å². The molecule has 0 aliphatic carbocycles. The number of benzene rings is 1. The van der Waals surface area contributed by atoms with Gasteiger partial charge >= 0.3 is 0 Å². The van der Waals surface area contributed by atoms with Crippen molar-refractivity contribution >= 4 is 33.2 Å². The summed E-state index contributed by atoms with van der Waals surface area (Å²) in [5, 5.41) is 16.4. The molecule has 0 radical (unpaired) electrons. The van der Waals surface area contributed by atoms with Crippen LogP contribution in [-0.2, 0) is 15.8 Å². The average Bonchev–Trinajstić information content (AvgIpc) is 3.15. The Labute approximate surface area is 161 Å². The lowest BCUT2D eigenvalue weighted by atomic mass is 9.82. The van der Waals surface area contributed by atoms with E-state index in [9.17, 15) is 18.3 Å². The van der Waals surface area contributed by atoms with Gasteiger partial charge in [0.15, 0.2) is 11.5 Å². The lowest BCUT2D eigenvalue weighted by Crippen LogP contribution is -2.50. The molecule has 0 saturated heterocycles. The molecule has 10 heteroatoms. The van der Waals surface area contributed by atoms with Crippen LogP contribution >= 0.6 is 11.8 Å². The smallest absolute Gasteiger partial charge is 0.211 e. The van der Waals surface area contributed by atoms with Gasteiger partial charge in [0.2, 0.25) is 21.7 Å². The van der Waals surface area contributed by atoms with E-state index in [0.717, 1.165) is 14.9 Å². The highest BCUT2D eigenvalue weighted by molar-refractivity contribution is 7.71. The van der Waals surface area contributed by atoms with Gasteiger partial charge in [-0.2, -0.15) is 8.42 Å². The maximum absolute atomic E-state index is 13.5. The minimum Gasteiger partial charge on any atom is -0.494 e. The Morgan fingerprint density at radius 2 is 2.00 bits per heavy atom. The summed E-state index contributed by atoms with van der Waals surface area (Å²) < 4.78 is 28.1. The first-order valence-electron chi connectivity index (χ1n) is 7.89. The minimum atomic E-state index is -2.47. The van der Waals surface area contributed by atoms with Crippen LogP contribution in [0.15, 0.2) is 52.4 Å². The molecule has 3 rings (SSSR count). The summed E-state index contributed by atoms with van der Waals surface area (Å²) >= 11 is 6.49. The highest BCUT2D eigenvalue weighted by atomic mass is 35.5. The first-order chi connectivity index (χ1) is 12.8. The maximum atomic E-state index is 13.5. The molecule has 27 heavy (non-hydrogen) atoms. The Hall–Kier alpha value is -2.62. The molecule has 2 heterocycles. The van der Waals surface area contributed by atoms with Crippen LogP contribution in [-0.4, -0.2) is 45.9 Å². The number of hydrazine groups is 1. The zero-order valence-corrected chi connectivity index (χ0v) is 16.0. The third kappa shape index (κ3) is 3.03. The molecule has 1 aromatic heterocycles. The molecule has 0 fully saturated rings. The second kappa shape index (κ2) is 7.18. The summed E-state index contributed by atoms with van der Waals surface area (Å²) in [7, 11) is -2.47. The fourth-order valence-corrected chi connectivity index (χ4v) is 3.70. The largest absolute Gasteiger partial charge is 0.494 e. The quantitative estimate of drug-likeness (QED) is 0.455. The number of hydrogen-bond donors (Lipinski definition) is 1. The number of aryl methyl sites for hydroxylation is 1. The number of halogens is 1. The van der Waals surface area contributed by atoms with E-state index in [1.807, 2.05) is 0 Å². The molecule has 0 saturated carbocycles. The van der Waals surface area contributed by atoms with Crippen molar-refractivity contribution in [2.45, 2.75) is 19.4 Å². The van der Waals surface area contributed by atoms with Gasteiger partial charge in [-0.05, 0) is 13.8 Å². The number of nitrogens with zero attached hydrogens (tertiary/aromatic N) is 3. The lowest BCUT2D eigenvalue weighted by Gasteiger charge is -2.34. The zero-order valence-electron chi connectivity index (χ0n) is 14.5. The normalized spacial score (nSPS) is 20.2. The number of carbonyl (C=O) groups excluding carboxylic acids is 1. The first kappa shape index (κ1) is 19.2. The van der Waals surface area contributed by atoms with Crippen LogP contribution in [0.2, 0.25) is 0 Å². The molecule has 1 atom stereocenters. The molecule has 8 nitrogen and oxygen atoms in total. The van der Waals surface area contributed by atoms with Gasteiger partial charge < -0.3 is 9.63 Å². The molecule has 1 aromatic carbocycles. The van der Waals surface area contributed by atoms with Gasteiger partial charge in [0.1, 0.15) is 0 Å². The fraction of sp³-hybridized carbons (Fsp3) is 0.235. The lowest BCUT2D eigenvalue weighted by molar-refractivity contribution is 0.0202. The van der Waals surface area contributed by atoms with E-state index < -0.39 is 21.6 Å². The summed E-state index contributed by atoms with van der Waals surface area (Å²) in [5.41, 5.74) is -0.671. The number of rotatable bonds is 5. The second-order valence-electron chi connectivity index (χ2n) is 5.96. The summed E-state index contributed by atoms with van der Waals surface area (Å²) in [6.45, 7) is 2.95. The molecular weight excluding hydrogens is 394 g/mol. The Bertz CT molecular complexity index is 1040. The second-order valence-corrected chi connectivity index (χ2v) is 7.13. The third-order valence-corrected chi connectivity index (χ3v) is 5.20. The number of Topliss-reactive ketones (excluding diaryl/α,β-unsaturated/α-hetero) is 1. The summed E-state index contributed by atoms with van der Waals surface area (Å²) in [6.07, 6.45) is 0. The molecule has 1 unspecified atom stereocenters. The van der Waals surface area contributed by atoms with E-state index in [1.54, 1.807) is 43.3 Å². The molecular formula is C17H16ClN3O5S. The summed E-state index contributed by atoms with van der Waals surface area (Å²) in [6, 6.07) is 9.94. The van der Waals surface area contributed by atoms with Crippen LogP contribution in [0.1, 0.15) is 28.7 Å². The monoisotopic (exact) mass is 409 g/mol. The van der Waals surface area contributed by atoms with Crippen molar-refractivity contribution in [1.29, 1.82) is 0 Å². The third-order valence-electron chi connectivity index (χ3n) is 4.34. The summed E-state index contributed by atoms with van der Waals surface area (Å²) in [5.74, 6) is -0.687. The summed E-state index contributed by atoms with van der Waals surface area (Å²) in [4.78, 5) is 13.5. The van der Waals surface area contributed by atoms with Crippen LogP contribution in [0.3, 0.4) is 0 Å². The van der Waals surface area contributed by atoms with E-state index in [-0.39, 0.29) is 23.8 Å². The topological polar surface area (TPSA) is 104 Å². The molecule has 0 bridgehead atoms. The fourth-order valence-electron chi connectivity index (χ4n) is 3.02. The van der Waals surface area contributed by atoms with Crippen molar-refractivity contribution in [3.8, 4) is 0 Å². The molecule has 2 aromatic rings. The number of carbonyl (C=O) groups is 1. The van der Waals surface area contributed by atoms with Crippen molar-refractivity contribution in [3.05, 3.63) is 64.9 Å². The number of aliphatic hydroxyl groups is 1. The van der Waals surface area contributed by atoms with Crippen LogP contribution in [0.5, 0.6) is 0 Å². The minimum absolute atomic E-state index is 0.110. The molecule has 0 spiro atoms. The Morgan fingerprint density at radius 1 is 1.33 bits per heavy atom. The predicted octanol–water partition coefficient (Wildman–Crippen LogP) is 2.22. The molecule has 1 aliphatic rings. The Balaban J connectivity index is 2.22. The standard InChI is InChI=1S/C17H16ClN3O5S/c1-11-10-14(26-19-11)17(15(22)13-6-4-3-5-7-13)12(2)16(23)20(21(17)18)8-9-27(24)25/h3-7,9-10,23H,8H2,1-2H3. The van der Waals surface area contributed by atoms with E-state index >= 15 is 0 Å². The first-order valence-corrected chi connectivity index (χ1v) is 9.36. The van der Waals surface area contributed by atoms with Gasteiger partial charge in [-0.25, -0.2) is 0 Å². The van der Waals surface area contributed by atoms with Crippen molar-refractivity contribution in [3.63, 3.8) is 0 Å². The molecule has 1 N–H and O–H groups in total. The predicted molar refractivity (Wildman–Crippen MR) is 98.4 cm³/mol. The van der Waals surface area contributed by atoms with Crippen LogP contribution in [0, 0.1) is 6.92 Å². The van der Waals surface area contributed by atoms with E-state index in [4.69, 9.17) is 16.3 Å². The van der Waals surface area contributed by atoms with Crippen molar-refractivity contribution in [2.24, 2.45) is 0 Å². The number of aromatic nitrogens is 1. The maximum Gasteiger partial charge on any atom is 0.211 e. The Morgan fingerprint density at radius 3 is 2.56 bits per heavy atom. The van der Waals surface area contributed by atoms with Crippen molar-refractivity contribution < 1.29 is 22.8 Å². The molecule has 1 aliphatic heterocycles. The van der Waals surface area contributed by atoms with Gasteiger partial charge in [0, 0.05) is 29.0 Å². The van der Waals surface area contributed by atoms with Crippen LogP contribution in [0.25, 0.3) is 0 Å². The molecule has 142 valence electrons. The van der Waals surface area contributed by atoms with Crippen LogP contribution in [0.4, 0.5) is 0 Å². The highest BCUT2D eigenvalue weighted by Crippen LogP contribution is 2.48. The Kier molecular flexibility index (Phi) is 5.09. The average molecular weight is 410 g/mol. The van der Waals surface area contributed by atoms with Crippen LogP contribution < -0.4 is 0 Å². The van der Waals surface area contributed by atoms with Crippen molar-refractivity contribution in [1.82, 2.24) is 14.7 Å². The number of ketones is 1. The van der Waals surface area contributed by atoms with Gasteiger partial charge in [-0.3, -0.25) is 9.80 Å². The number of hydrogen-bond acceptors (Lipinski definition) is 8. The number of aliphatic hydroxyl groups excluding tert-OH is 1. The van der Waals surface area contributed by atoms with E-state index in [2.05, 4.69) is 5.16 Å². The van der Waals surface area contributed by atoms with Gasteiger partial charge in [-0.15, -0.1) is 4.53 Å². The SMILES string of the molecule is CC1=C(O)N(CC=S(=O)=O)N(Cl)C1(C(=O)c1ccccc1)c1cc(C)no1. The zero-order chi connectivity index (χ0) is 19.8. The van der Waals surface area contributed by atoms with Gasteiger partial charge in [-0.1, -0.05) is 35.5 Å². The van der Waals surface area contributed by atoms with Gasteiger partial charge in [0.05, 0.1) is 17.6 Å².